The van der Waals surface area contributed by atoms with Crippen molar-refractivity contribution in [3.63, 3.8) is 0 Å². The van der Waals surface area contributed by atoms with Crippen molar-refractivity contribution in [3.8, 4) is 0 Å². The summed E-state index contributed by atoms with van der Waals surface area (Å²) in [7, 11) is 3.75. The van der Waals surface area contributed by atoms with Gasteiger partial charge in [-0.1, -0.05) is 20.1 Å². The van der Waals surface area contributed by atoms with Crippen LogP contribution in [0.2, 0.25) is 0 Å². The second-order valence-corrected chi connectivity index (χ2v) is 4.90. The zero-order valence-electron chi connectivity index (χ0n) is 13.9. The van der Waals surface area contributed by atoms with Gasteiger partial charge in [0.2, 0.25) is 0 Å². The predicted octanol–water partition coefficient (Wildman–Crippen LogP) is 1.81. The fraction of sp³-hybridized carbons (Fsp3) is 0.600. The van der Waals surface area contributed by atoms with Gasteiger partial charge in [-0.05, 0) is 41.3 Å². The van der Waals surface area contributed by atoms with Crippen molar-refractivity contribution in [2.45, 2.75) is 46.6 Å². The monoisotopic (exact) mass is 300 g/mol. The van der Waals surface area contributed by atoms with Gasteiger partial charge >= 0.3 is 11.9 Å². The van der Waals surface area contributed by atoms with Crippen LogP contribution in [-0.4, -0.2) is 43.4 Å². The fourth-order valence-corrected chi connectivity index (χ4v) is 1.05. The van der Waals surface area contributed by atoms with E-state index in [2.05, 4.69) is 17.9 Å². The van der Waals surface area contributed by atoms with Crippen molar-refractivity contribution in [3.05, 3.63) is 24.3 Å². The van der Waals surface area contributed by atoms with E-state index in [9.17, 15) is 9.59 Å². The molecular formula is C15H28N2O4. The fourth-order valence-electron chi connectivity index (χ4n) is 1.05. The molecule has 2 N–H and O–H groups in total. The Hall–Kier alpha value is -1.66. The maximum absolute atomic E-state index is 11.1. The lowest BCUT2D eigenvalue weighted by Crippen LogP contribution is -2.32. The first-order chi connectivity index (χ1) is 9.52. The molecule has 0 aliphatic carbocycles. The summed E-state index contributed by atoms with van der Waals surface area (Å²) in [5, 5.41) is 0. The Balaban J connectivity index is 0. The summed E-state index contributed by atoms with van der Waals surface area (Å²) in [5.41, 5.74) is 5.95. The minimum Gasteiger partial charge on any atom is -0.444 e. The molecule has 122 valence electrons. The summed E-state index contributed by atoms with van der Waals surface area (Å²) in [4.78, 5) is 23.5. The number of ether oxygens (including phenoxy) is 2. The predicted molar refractivity (Wildman–Crippen MR) is 83.2 cm³/mol. The first-order valence-electron chi connectivity index (χ1n) is 6.67. The SMILES string of the molecule is C=C(C)C(=O)OC(C)N.C=C(C)C(=O)OC(CC)N(C)C. The minimum atomic E-state index is -0.547. The van der Waals surface area contributed by atoms with E-state index in [0.717, 1.165) is 6.42 Å². The highest BCUT2D eigenvalue weighted by Crippen LogP contribution is 2.04. The molecule has 0 heterocycles. The molecular weight excluding hydrogens is 272 g/mol. The Labute approximate surface area is 127 Å². The van der Waals surface area contributed by atoms with Crippen molar-refractivity contribution >= 4 is 11.9 Å². The van der Waals surface area contributed by atoms with Gasteiger partial charge in [-0.25, -0.2) is 9.59 Å². The summed E-state index contributed by atoms with van der Waals surface area (Å²) in [5.74, 6) is -0.763. The van der Waals surface area contributed by atoms with Crippen LogP contribution in [0.4, 0.5) is 0 Å². The third kappa shape index (κ3) is 11.8. The van der Waals surface area contributed by atoms with Crippen molar-refractivity contribution in [1.82, 2.24) is 4.90 Å². The van der Waals surface area contributed by atoms with Gasteiger partial charge in [-0.3, -0.25) is 10.6 Å². The van der Waals surface area contributed by atoms with Gasteiger partial charge in [0, 0.05) is 11.1 Å². The van der Waals surface area contributed by atoms with E-state index in [0.29, 0.717) is 11.1 Å². The van der Waals surface area contributed by atoms with Crippen LogP contribution in [0.5, 0.6) is 0 Å². The highest BCUT2D eigenvalue weighted by Gasteiger charge is 2.14. The lowest BCUT2D eigenvalue weighted by atomic mass is 10.3. The first kappa shape index (κ1) is 21.6. The lowest BCUT2D eigenvalue weighted by molar-refractivity contribution is -0.152. The smallest absolute Gasteiger partial charge is 0.334 e. The summed E-state index contributed by atoms with van der Waals surface area (Å²) >= 11 is 0. The molecule has 0 fully saturated rings. The van der Waals surface area contributed by atoms with E-state index in [4.69, 9.17) is 10.5 Å². The maximum Gasteiger partial charge on any atom is 0.334 e. The molecule has 0 rings (SSSR count). The molecule has 21 heavy (non-hydrogen) atoms. The number of hydrogen-bond donors (Lipinski definition) is 1. The van der Waals surface area contributed by atoms with E-state index in [1.807, 2.05) is 25.9 Å². The van der Waals surface area contributed by atoms with Gasteiger partial charge in [0.15, 0.2) is 6.23 Å². The van der Waals surface area contributed by atoms with Gasteiger partial charge in [0.05, 0.1) is 0 Å². The van der Waals surface area contributed by atoms with E-state index in [1.165, 1.54) is 0 Å². The largest absolute Gasteiger partial charge is 0.444 e. The molecule has 2 unspecified atom stereocenters. The van der Waals surface area contributed by atoms with Gasteiger partial charge in [0.25, 0.3) is 0 Å². The molecule has 6 nitrogen and oxygen atoms in total. The van der Waals surface area contributed by atoms with Crippen LogP contribution in [0.25, 0.3) is 0 Å². The quantitative estimate of drug-likeness (QED) is 0.458. The van der Waals surface area contributed by atoms with Gasteiger partial charge < -0.3 is 9.47 Å². The summed E-state index contributed by atoms with van der Waals surface area (Å²) < 4.78 is 9.66. The Morgan fingerprint density at radius 3 is 1.67 bits per heavy atom. The molecule has 0 aromatic carbocycles. The molecule has 0 aliphatic rings. The van der Waals surface area contributed by atoms with Crippen molar-refractivity contribution < 1.29 is 19.1 Å². The normalized spacial score (nSPS) is 12.6. The van der Waals surface area contributed by atoms with Gasteiger partial charge in [0.1, 0.15) is 6.23 Å². The number of nitrogens with two attached hydrogens (primary N) is 1. The van der Waals surface area contributed by atoms with E-state index >= 15 is 0 Å². The second kappa shape index (κ2) is 11.0. The molecule has 0 radical (unpaired) electrons. The van der Waals surface area contributed by atoms with Gasteiger partial charge in [-0.2, -0.15) is 0 Å². The average Bonchev–Trinajstić information content (AvgIpc) is 2.34. The first-order valence-corrected chi connectivity index (χ1v) is 6.67. The molecule has 0 saturated heterocycles. The van der Waals surface area contributed by atoms with Gasteiger partial charge in [-0.15, -0.1) is 0 Å². The number of carbonyl (C=O) groups is 2. The zero-order valence-corrected chi connectivity index (χ0v) is 13.9. The Bertz CT molecular complexity index is 376. The van der Waals surface area contributed by atoms with E-state index in [-0.39, 0.29) is 12.2 Å². The molecule has 0 bridgehead atoms. The highest BCUT2D eigenvalue weighted by atomic mass is 16.6. The molecule has 0 amide bonds. The van der Waals surface area contributed by atoms with Crippen molar-refractivity contribution in [2.75, 3.05) is 14.1 Å². The highest BCUT2D eigenvalue weighted by molar-refractivity contribution is 5.87. The second-order valence-electron chi connectivity index (χ2n) is 4.90. The van der Waals surface area contributed by atoms with Crippen LogP contribution in [-0.2, 0) is 19.1 Å². The van der Waals surface area contributed by atoms with Crippen molar-refractivity contribution in [1.29, 1.82) is 0 Å². The maximum atomic E-state index is 11.1. The third-order valence-electron chi connectivity index (χ3n) is 2.16. The molecule has 0 saturated carbocycles. The zero-order chi connectivity index (χ0) is 17.2. The standard InChI is InChI=1S/C9H17NO2.C6H11NO2/c1-6-8(10(4)5)12-9(11)7(2)3;1-4(2)6(8)9-5(3)7/h8H,2,6H2,1,3-5H3;5H,1,7H2,2-3H3. The Morgan fingerprint density at radius 1 is 1.10 bits per heavy atom. The van der Waals surface area contributed by atoms with Crippen LogP contribution in [0, 0.1) is 0 Å². The number of esters is 2. The third-order valence-corrected chi connectivity index (χ3v) is 2.16. The van der Waals surface area contributed by atoms with Crippen LogP contribution in [0.3, 0.4) is 0 Å². The van der Waals surface area contributed by atoms with Crippen molar-refractivity contribution in [2.24, 2.45) is 5.73 Å². The number of carbonyl (C=O) groups excluding carboxylic acids is 2. The van der Waals surface area contributed by atoms with E-state index < -0.39 is 12.2 Å². The summed E-state index contributed by atoms with van der Waals surface area (Å²) in [6, 6.07) is 0. The van der Waals surface area contributed by atoms with Crippen LogP contribution < -0.4 is 5.73 Å². The molecule has 0 aromatic rings. The summed E-state index contributed by atoms with van der Waals surface area (Å²) in [6.45, 7) is 13.7. The minimum absolute atomic E-state index is 0.144. The summed E-state index contributed by atoms with van der Waals surface area (Å²) in [6.07, 6.45) is 0.0925. The van der Waals surface area contributed by atoms with Crippen LogP contribution in [0.1, 0.15) is 34.1 Å². The topological polar surface area (TPSA) is 81.9 Å². The number of hydrogen-bond acceptors (Lipinski definition) is 6. The molecule has 0 aromatic heterocycles. The molecule has 6 heteroatoms. The molecule has 0 spiro atoms. The Kier molecular flexibility index (Phi) is 11.4. The van der Waals surface area contributed by atoms with Crippen LogP contribution in [0.15, 0.2) is 24.3 Å². The average molecular weight is 300 g/mol. The molecule has 2 atom stereocenters. The number of nitrogens with zero attached hydrogens (tertiary/aromatic N) is 1. The van der Waals surface area contributed by atoms with Crippen LogP contribution >= 0.6 is 0 Å². The Morgan fingerprint density at radius 2 is 1.48 bits per heavy atom. The number of rotatable bonds is 6. The molecule has 0 aliphatic heterocycles. The van der Waals surface area contributed by atoms with E-state index in [1.54, 1.807) is 20.8 Å². The lowest BCUT2D eigenvalue weighted by Gasteiger charge is -2.22.